The summed E-state index contributed by atoms with van der Waals surface area (Å²) in [6.07, 6.45) is 6.55. The minimum Gasteiger partial charge on any atom is -0.374 e. The van der Waals surface area contributed by atoms with Gasteiger partial charge in [0.1, 0.15) is 0 Å². The van der Waals surface area contributed by atoms with Crippen LogP contribution in [0.3, 0.4) is 0 Å². The van der Waals surface area contributed by atoms with E-state index in [2.05, 4.69) is 19.2 Å². The minimum atomic E-state index is 0.170. The second-order valence-corrected chi connectivity index (χ2v) is 3.96. The first-order valence-corrected chi connectivity index (χ1v) is 5.67. The smallest absolute Gasteiger partial charge is 0.0806 e. The quantitative estimate of drug-likeness (QED) is 0.710. The van der Waals surface area contributed by atoms with Crippen LogP contribution in [0.25, 0.3) is 0 Å². The molecule has 2 nitrogen and oxygen atoms in total. The van der Waals surface area contributed by atoms with E-state index in [1.807, 2.05) is 0 Å². The SMILES string of the molecule is CCNCC1(OCC)CCCCC1. The summed E-state index contributed by atoms with van der Waals surface area (Å²) in [6.45, 7) is 7.20. The van der Waals surface area contributed by atoms with Crippen molar-refractivity contribution < 1.29 is 4.74 Å². The summed E-state index contributed by atoms with van der Waals surface area (Å²) in [4.78, 5) is 0. The maximum Gasteiger partial charge on any atom is 0.0806 e. The van der Waals surface area contributed by atoms with Gasteiger partial charge in [0, 0.05) is 13.2 Å². The molecule has 2 heteroatoms. The van der Waals surface area contributed by atoms with Gasteiger partial charge in [0.15, 0.2) is 0 Å². The Balaban J connectivity index is 2.40. The highest BCUT2D eigenvalue weighted by atomic mass is 16.5. The molecule has 1 N–H and O–H groups in total. The predicted octanol–water partition coefficient (Wildman–Crippen LogP) is 2.34. The summed E-state index contributed by atoms with van der Waals surface area (Å²) >= 11 is 0. The van der Waals surface area contributed by atoms with Gasteiger partial charge in [-0.2, -0.15) is 0 Å². The van der Waals surface area contributed by atoms with Crippen molar-refractivity contribution in [3.8, 4) is 0 Å². The Morgan fingerprint density at radius 1 is 1.15 bits per heavy atom. The summed E-state index contributed by atoms with van der Waals surface area (Å²) in [5.41, 5.74) is 0.170. The van der Waals surface area contributed by atoms with Crippen LogP contribution < -0.4 is 5.32 Å². The standard InChI is InChI=1S/C11H23NO/c1-3-12-10-11(13-4-2)8-6-5-7-9-11/h12H,3-10H2,1-2H3. The average Bonchev–Trinajstić information content (AvgIpc) is 2.17. The zero-order valence-electron chi connectivity index (χ0n) is 9.07. The molecular weight excluding hydrogens is 162 g/mol. The third-order valence-electron chi connectivity index (χ3n) is 2.91. The zero-order valence-corrected chi connectivity index (χ0v) is 9.07. The fourth-order valence-corrected chi connectivity index (χ4v) is 2.23. The molecule has 0 aromatic heterocycles. The van der Waals surface area contributed by atoms with E-state index in [9.17, 15) is 0 Å². The molecule has 0 unspecified atom stereocenters. The minimum absolute atomic E-state index is 0.170. The van der Waals surface area contributed by atoms with E-state index < -0.39 is 0 Å². The Morgan fingerprint density at radius 3 is 2.38 bits per heavy atom. The van der Waals surface area contributed by atoms with Gasteiger partial charge in [-0.15, -0.1) is 0 Å². The average molecular weight is 185 g/mol. The molecular formula is C11H23NO. The van der Waals surface area contributed by atoms with Gasteiger partial charge in [0.25, 0.3) is 0 Å². The van der Waals surface area contributed by atoms with Crippen molar-refractivity contribution in [2.75, 3.05) is 19.7 Å². The second-order valence-electron chi connectivity index (χ2n) is 3.96. The van der Waals surface area contributed by atoms with Crippen molar-refractivity contribution in [3.05, 3.63) is 0 Å². The molecule has 0 spiro atoms. The molecule has 0 aromatic rings. The topological polar surface area (TPSA) is 21.3 Å². The van der Waals surface area contributed by atoms with Crippen molar-refractivity contribution in [3.63, 3.8) is 0 Å². The van der Waals surface area contributed by atoms with Crippen LogP contribution in [0.1, 0.15) is 46.0 Å². The number of likely N-dealkylation sites (N-methyl/N-ethyl adjacent to an activating group) is 1. The molecule has 1 fully saturated rings. The number of nitrogens with one attached hydrogen (secondary N) is 1. The lowest BCUT2D eigenvalue weighted by Crippen LogP contribution is -2.44. The highest BCUT2D eigenvalue weighted by molar-refractivity contribution is 4.86. The Morgan fingerprint density at radius 2 is 1.85 bits per heavy atom. The lowest BCUT2D eigenvalue weighted by Gasteiger charge is -2.37. The monoisotopic (exact) mass is 185 g/mol. The lowest BCUT2D eigenvalue weighted by molar-refractivity contribution is -0.0624. The summed E-state index contributed by atoms with van der Waals surface area (Å²) < 4.78 is 5.91. The number of ether oxygens (including phenoxy) is 1. The molecule has 0 amide bonds. The summed E-state index contributed by atoms with van der Waals surface area (Å²) in [5.74, 6) is 0. The van der Waals surface area contributed by atoms with Gasteiger partial charge < -0.3 is 10.1 Å². The molecule has 0 bridgehead atoms. The van der Waals surface area contributed by atoms with Gasteiger partial charge in [0.05, 0.1) is 5.60 Å². The predicted molar refractivity (Wildman–Crippen MR) is 56.0 cm³/mol. The van der Waals surface area contributed by atoms with Crippen molar-refractivity contribution in [1.82, 2.24) is 5.32 Å². The van der Waals surface area contributed by atoms with Gasteiger partial charge >= 0.3 is 0 Å². The number of rotatable bonds is 5. The molecule has 0 radical (unpaired) electrons. The van der Waals surface area contributed by atoms with E-state index in [0.717, 1.165) is 19.7 Å². The summed E-state index contributed by atoms with van der Waals surface area (Å²) in [5, 5.41) is 3.42. The van der Waals surface area contributed by atoms with E-state index in [1.54, 1.807) is 0 Å². The molecule has 0 aromatic carbocycles. The normalized spacial score (nSPS) is 21.7. The van der Waals surface area contributed by atoms with Crippen LogP contribution in [-0.4, -0.2) is 25.3 Å². The van der Waals surface area contributed by atoms with Crippen LogP contribution in [0.5, 0.6) is 0 Å². The zero-order chi connectivity index (χ0) is 9.57. The Labute approximate surface area is 82.0 Å². The van der Waals surface area contributed by atoms with Crippen LogP contribution in [0.15, 0.2) is 0 Å². The van der Waals surface area contributed by atoms with E-state index in [4.69, 9.17) is 4.74 Å². The molecule has 1 aliphatic carbocycles. The van der Waals surface area contributed by atoms with E-state index in [0.29, 0.717) is 0 Å². The van der Waals surface area contributed by atoms with Gasteiger partial charge in [-0.3, -0.25) is 0 Å². The first kappa shape index (κ1) is 11.0. The van der Waals surface area contributed by atoms with Gasteiger partial charge in [-0.25, -0.2) is 0 Å². The number of hydrogen-bond donors (Lipinski definition) is 1. The maximum absolute atomic E-state index is 5.91. The molecule has 0 heterocycles. The highest BCUT2D eigenvalue weighted by Gasteiger charge is 2.31. The van der Waals surface area contributed by atoms with E-state index >= 15 is 0 Å². The van der Waals surface area contributed by atoms with Crippen LogP contribution in [-0.2, 0) is 4.74 Å². The summed E-state index contributed by atoms with van der Waals surface area (Å²) in [7, 11) is 0. The molecule has 0 saturated heterocycles. The molecule has 1 rings (SSSR count). The molecule has 13 heavy (non-hydrogen) atoms. The molecule has 0 atom stereocenters. The van der Waals surface area contributed by atoms with Crippen molar-refractivity contribution in [1.29, 1.82) is 0 Å². The largest absolute Gasteiger partial charge is 0.374 e. The van der Waals surface area contributed by atoms with Crippen LogP contribution >= 0.6 is 0 Å². The third-order valence-corrected chi connectivity index (χ3v) is 2.91. The fraction of sp³-hybridized carbons (Fsp3) is 1.00. The first-order valence-electron chi connectivity index (χ1n) is 5.67. The molecule has 0 aliphatic heterocycles. The number of hydrogen-bond acceptors (Lipinski definition) is 2. The van der Waals surface area contributed by atoms with E-state index in [1.165, 1.54) is 32.1 Å². The third kappa shape index (κ3) is 3.28. The lowest BCUT2D eigenvalue weighted by atomic mass is 9.84. The molecule has 1 aliphatic rings. The van der Waals surface area contributed by atoms with Gasteiger partial charge in [0.2, 0.25) is 0 Å². The van der Waals surface area contributed by atoms with Gasteiger partial charge in [-0.1, -0.05) is 26.2 Å². The van der Waals surface area contributed by atoms with Crippen LogP contribution in [0, 0.1) is 0 Å². The van der Waals surface area contributed by atoms with Crippen LogP contribution in [0.4, 0.5) is 0 Å². The van der Waals surface area contributed by atoms with E-state index in [-0.39, 0.29) is 5.60 Å². The second kappa shape index (κ2) is 5.61. The highest BCUT2D eigenvalue weighted by Crippen LogP contribution is 2.30. The van der Waals surface area contributed by atoms with Crippen molar-refractivity contribution >= 4 is 0 Å². The van der Waals surface area contributed by atoms with Gasteiger partial charge in [-0.05, 0) is 26.3 Å². The van der Waals surface area contributed by atoms with Crippen molar-refractivity contribution in [2.45, 2.75) is 51.6 Å². The maximum atomic E-state index is 5.91. The fourth-order valence-electron chi connectivity index (χ4n) is 2.23. The van der Waals surface area contributed by atoms with Crippen LogP contribution in [0.2, 0.25) is 0 Å². The molecule has 78 valence electrons. The first-order chi connectivity index (χ1) is 6.33. The molecule has 1 saturated carbocycles. The Hall–Kier alpha value is -0.0800. The Kier molecular flexibility index (Phi) is 4.74. The summed E-state index contributed by atoms with van der Waals surface area (Å²) in [6, 6.07) is 0. The van der Waals surface area contributed by atoms with Crippen molar-refractivity contribution in [2.24, 2.45) is 0 Å². The Bertz CT molecular complexity index is 125.